The number of pyridine rings is 2. The van der Waals surface area contributed by atoms with Crippen molar-refractivity contribution in [2.24, 2.45) is 0 Å². The molecule has 4 rings (SSSR count). The van der Waals surface area contributed by atoms with Gasteiger partial charge in [0.2, 0.25) is 11.8 Å². The summed E-state index contributed by atoms with van der Waals surface area (Å²) >= 11 is 0. The molecule has 0 fully saturated rings. The van der Waals surface area contributed by atoms with Crippen molar-refractivity contribution in [2.45, 2.75) is 6.92 Å². The van der Waals surface area contributed by atoms with E-state index in [9.17, 15) is 4.79 Å². The molecule has 0 spiro atoms. The van der Waals surface area contributed by atoms with E-state index >= 15 is 0 Å². The summed E-state index contributed by atoms with van der Waals surface area (Å²) in [5.41, 5.74) is 4.83. The molecule has 0 bridgehead atoms. The van der Waals surface area contributed by atoms with Crippen LogP contribution in [0.15, 0.2) is 54.9 Å². The Labute approximate surface area is 166 Å². The Morgan fingerprint density at radius 2 is 2.03 bits per heavy atom. The van der Waals surface area contributed by atoms with Gasteiger partial charge in [-0.15, -0.1) is 0 Å². The molecule has 0 aliphatic rings. The van der Waals surface area contributed by atoms with Gasteiger partial charge in [-0.1, -0.05) is 12.1 Å². The number of aromatic amines is 1. The fraction of sp³-hybridized carbons (Fsp3) is 0.143. The normalized spacial score (nSPS) is 10.7. The maximum atomic E-state index is 11.8. The quantitative estimate of drug-likeness (QED) is 0.529. The van der Waals surface area contributed by atoms with Crippen LogP contribution in [0.4, 0.5) is 10.7 Å². The summed E-state index contributed by atoms with van der Waals surface area (Å²) in [6.45, 7) is 2.02. The Bertz CT molecular complexity index is 1160. The first-order chi connectivity index (χ1) is 14.2. The predicted octanol–water partition coefficient (Wildman–Crippen LogP) is 4.26. The van der Waals surface area contributed by atoms with E-state index in [1.165, 1.54) is 0 Å². The lowest BCUT2D eigenvalue weighted by Gasteiger charge is -2.08. The number of anilines is 1. The standard InChI is InChI=1S/C21H19N5O3/c1-3-29-21(27)26-20-24-17-11-14(13-6-5-9-22-12-13)10-15(19(17)25-20)16-7-4-8-18(23-16)28-2/h4-12H,3H2,1-2H3,(H2,24,25,26,27). The minimum atomic E-state index is -0.569. The number of benzene rings is 1. The van der Waals surface area contributed by atoms with Crippen LogP contribution in [0.5, 0.6) is 5.88 Å². The molecule has 1 aromatic carbocycles. The van der Waals surface area contributed by atoms with Crippen LogP contribution in [0.3, 0.4) is 0 Å². The molecule has 3 heterocycles. The van der Waals surface area contributed by atoms with Gasteiger partial charge in [0.1, 0.15) is 0 Å². The van der Waals surface area contributed by atoms with Crippen molar-refractivity contribution in [3.63, 3.8) is 0 Å². The van der Waals surface area contributed by atoms with Gasteiger partial charge in [0.05, 0.1) is 30.4 Å². The molecule has 0 unspecified atom stereocenters. The Kier molecular flexibility index (Phi) is 5.07. The first-order valence-corrected chi connectivity index (χ1v) is 9.07. The van der Waals surface area contributed by atoms with Gasteiger partial charge in [-0.2, -0.15) is 0 Å². The summed E-state index contributed by atoms with van der Waals surface area (Å²) in [6.07, 6.45) is 2.94. The van der Waals surface area contributed by atoms with E-state index in [1.807, 2.05) is 36.4 Å². The molecule has 4 aromatic rings. The molecule has 29 heavy (non-hydrogen) atoms. The maximum Gasteiger partial charge on any atom is 0.413 e. The third-order valence-corrected chi connectivity index (χ3v) is 4.29. The molecule has 0 radical (unpaired) electrons. The Balaban J connectivity index is 1.88. The molecule has 0 saturated carbocycles. The van der Waals surface area contributed by atoms with Crippen LogP contribution >= 0.6 is 0 Å². The average Bonchev–Trinajstić information content (AvgIpc) is 3.16. The van der Waals surface area contributed by atoms with Gasteiger partial charge in [0, 0.05) is 29.6 Å². The maximum absolute atomic E-state index is 11.8. The number of hydrogen-bond donors (Lipinski definition) is 2. The second-order valence-electron chi connectivity index (χ2n) is 6.16. The molecule has 0 atom stereocenters. The van der Waals surface area contributed by atoms with Crippen LogP contribution in [0.2, 0.25) is 0 Å². The third kappa shape index (κ3) is 3.86. The van der Waals surface area contributed by atoms with Gasteiger partial charge >= 0.3 is 6.09 Å². The fourth-order valence-electron chi connectivity index (χ4n) is 3.02. The number of ether oxygens (including phenoxy) is 2. The first-order valence-electron chi connectivity index (χ1n) is 9.07. The van der Waals surface area contributed by atoms with Gasteiger partial charge < -0.3 is 14.5 Å². The summed E-state index contributed by atoms with van der Waals surface area (Å²) in [5, 5.41) is 2.61. The number of aromatic nitrogens is 4. The number of imidazole rings is 1. The van der Waals surface area contributed by atoms with E-state index in [4.69, 9.17) is 9.47 Å². The number of carbonyl (C=O) groups is 1. The van der Waals surface area contributed by atoms with Gasteiger partial charge in [0.25, 0.3) is 0 Å². The molecule has 8 nitrogen and oxygen atoms in total. The molecule has 1 amide bonds. The van der Waals surface area contributed by atoms with Crippen LogP contribution in [-0.4, -0.2) is 39.7 Å². The number of nitrogens with zero attached hydrogens (tertiary/aromatic N) is 3. The van der Waals surface area contributed by atoms with Crippen molar-refractivity contribution in [2.75, 3.05) is 19.0 Å². The summed E-state index contributed by atoms with van der Waals surface area (Å²) in [4.78, 5) is 28.2. The minimum absolute atomic E-state index is 0.274. The highest BCUT2D eigenvalue weighted by Gasteiger charge is 2.15. The van der Waals surface area contributed by atoms with E-state index < -0.39 is 6.09 Å². The first kappa shape index (κ1) is 18.4. The van der Waals surface area contributed by atoms with Crippen molar-refractivity contribution >= 4 is 23.1 Å². The van der Waals surface area contributed by atoms with E-state index in [0.717, 1.165) is 22.2 Å². The largest absolute Gasteiger partial charge is 0.481 e. The lowest BCUT2D eigenvalue weighted by Crippen LogP contribution is -2.14. The van der Waals surface area contributed by atoms with Crippen LogP contribution in [0, 0.1) is 0 Å². The lowest BCUT2D eigenvalue weighted by atomic mass is 10.0. The van der Waals surface area contributed by atoms with Gasteiger partial charge in [0.15, 0.2) is 0 Å². The third-order valence-electron chi connectivity index (χ3n) is 4.29. The number of carbonyl (C=O) groups excluding carboxylic acids is 1. The van der Waals surface area contributed by atoms with Gasteiger partial charge in [-0.3, -0.25) is 10.3 Å². The van der Waals surface area contributed by atoms with Crippen molar-refractivity contribution in [1.29, 1.82) is 0 Å². The Hall–Kier alpha value is -3.94. The second-order valence-corrected chi connectivity index (χ2v) is 6.16. The SMILES string of the molecule is CCOC(=O)Nc1nc2cc(-c3cccnc3)cc(-c3cccc(OC)n3)c2[nH]1. The van der Waals surface area contributed by atoms with Crippen molar-refractivity contribution in [3.05, 3.63) is 54.9 Å². The molecular formula is C21H19N5O3. The summed E-state index contributed by atoms with van der Waals surface area (Å²) in [5.74, 6) is 0.803. The predicted molar refractivity (Wildman–Crippen MR) is 110 cm³/mol. The lowest BCUT2D eigenvalue weighted by molar-refractivity contribution is 0.167. The summed E-state index contributed by atoms with van der Waals surface area (Å²) < 4.78 is 10.2. The second kappa shape index (κ2) is 7.97. The molecule has 3 aromatic heterocycles. The number of amides is 1. The Morgan fingerprint density at radius 3 is 2.79 bits per heavy atom. The fourth-order valence-corrected chi connectivity index (χ4v) is 3.02. The average molecular weight is 389 g/mol. The number of methoxy groups -OCH3 is 1. The zero-order chi connectivity index (χ0) is 20.2. The topological polar surface area (TPSA) is 102 Å². The molecule has 8 heteroatoms. The molecule has 2 N–H and O–H groups in total. The van der Waals surface area contributed by atoms with Gasteiger partial charge in [-0.05, 0) is 36.8 Å². The number of fused-ring (bicyclic) bond motifs is 1. The molecule has 146 valence electrons. The zero-order valence-corrected chi connectivity index (χ0v) is 16.0. The molecule has 0 aliphatic carbocycles. The smallest absolute Gasteiger partial charge is 0.413 e. The summed E-state index contributed by atoms with van der Waals surface area (Å²) in [6, 6.07) is 13.3. The molecule has 0 saturated heterocycles. The minimum Gasteiger partial charge on any atom is -0.481 e. The number of rotatable bonds is 5. The number of H-pyrrole nitrogens is 1. The zero-order valence-electron chi connectivity index (χ0n) is 16.0. The van der Waals surface area contributed by atoms with Crippen LogP contribution in [0.25, 0.3) is 33.4 Å². The highest BCUT2D eigenvalue weighted by atomic mass is 16.5. The Morgan fingerprint density at radius 1 is 1.14 bits per heavy atom. The number of hydrogen-bond acceptors (Lipinski definition) is 6. The van der Waals surface area contributed by atoms with E-state index in [-0.39, 0.29) is 6.61 Å². The van der Waals surface area contributed by atoms with Crippen molar-refractivity contribution < 1.29 is 14.3 Å². The van der Waals surface area contributed by atoms with Crippen LogP contribution in [-0.2, 0) is 4.74 Å². The molecule has 0 aliphatic heterocycles. The number of nitrogens with one attached hydrogen (secondary N) is 2. The van der Waals surface area contributed by atoms with E-state index in [0.29, 0.717) is 23.0 Å². The van der Waals surface area contributed by atoms with E-state index in [2.05, 4.69) is 25.3 Å². The van der Waals surface area contributed by atoms with Crippen LogP contribution < -0.4 is 10.1 Å². The van der Waals surface area contributed by atoms with Gasteiger partial charge in [-0.25, -0.2) is 14.8 Å². The monoisotopic (exact) mass is 389 g/mol. The summed E-state index contributed by atoms with van der Waals surface area (Å²) in [7, 11) is 1.57. The van der Waals surface area contributed by atoms with E-state index in [1.54, 1.807) is 32.5 Å². The molecular weight excluding hydrogens is 370 g/mol. The van der Waals surface area contributed by atoms with Crippen LogP contribution in [0.1, 0.15) is 6.92 Å². The van der Waals surface area contributed by atoms with Crippen molar-refractivity contribution in [1.82, 2.24) is 19.9 Å². The van der Waals surface area contributed by atoms with Crippen molar-refractivity contribution in [3.8, 4) is 28.3 Å². The highest BCUT2D eigenvalue weighted by Crippen LogP contribution is 2.33. The highest BCUT2D eigenvalue weighted by molar-refractivity contribution is 5.97.